The van der Waals surface area contributed by atoms with Crippen LogP contribution in [0.1, 0.15) is 16.3 Å². The first-order valence-electron chi connectivity index (χ1n) is 7.00. The van der Waals surface area contributed by atoms with Crippen LogP contribution in [0.4, 0.5) is 0 Å². The zero-order valence-electron chi connectivity index (χ0n) is 13.0. The average molecular weight is 328 g/mol. The lowest BCUT2D eigenvalue weighted by molar-refractivity contribution is 0.321. The number of phenols is 1. The van der Waals surface area contributed by atoms with Crippen LogP contribution in [0.3, 0.4) is 0 Å². The van der Waals surface area contributed by atoms with Gasteiger partial charge in [-0.15, -0.1) is 0 Å². The molecule has 0 aliphatic rings. The summed E-state index contributed by atoms with van der Waals surface area (Å²) in [7, 11) is 1.80. The van der Waals surface area contributed by atoms with Gasteiger partial charge < -0.3 is 10.3 Å². The third-order valence-corrected chi connectivity index (χ3v) is 4.54. The number of phenolic OH excluding ortho intramolecular Hbond substituents is 1. The molecule has 0 radical (unpaired) electrons. The fourth-order valence-electron chi connectivity index (χ4n) is 2.65. The molecule has 0 unspecified atom stereocenters. The van der Waals surface area contributed by atoms with Crippen LogP contribution < -0.4 is 0 Å². The Kier molecular flexibility index (Phi) is 3.87. The summed E-state index contributed by atoms with van der Waals surface area (Å²) in [6.07, 6.45) is 1.38. The summed E-state index contributed by atoms with van der Waals surface area (Å²) in [6, 6.07) is 6.87. The smallest absolute Gasteiger partial charge is 0.115 e. The number of benzene rings is 1. The zero-order valence-corrected chi connectivity index (χ0v) is 13.8. The summed E-state index contributed by atoms with van der Waals surface area (Å²) in [4.78, 5) is 1.07. The highest BCUT2D eigenvalue weighted by Gasteiger charge is 2.23. The third kappa shape index (κ3) is 2.59. The van der Waals surface area contributed by atoms with Crippen LogP contribution in [-0.2, 0) is 7.05 Å². The molecule has 0 spiro atoms. The SMILES string of the molecule is Cc1nsc(C)c1-c1c(-c2ccc(O)cc2)nn(C)c1/C=N\O. The minimum atomic E-state index is 0.202. The molecule has 2 heterocycles. The van der Waals surface area contributed by atoms with Crippen molar-refractivity contribution in [3.63, 3.8) is 0 Å². The molecule has 0 bridgehead atoms. The maximum absolute atomic E-state index is 9.50. The molecule has 0 saturated heterocycles. The molecule has 2 aromatic heterocycles. The van der Waals surface area contributed by atoms with Crippen molar-refractivity contribution >= 4 is 17.7 Å². The number of rotatable bonds is 3. The predicted molar refractivity (Wildman–Crippen MR) is 90.3 cm³/mol. The molecule has 3 aromatic rings. The Morgan fingerprint density at radius 2 is 1.87 bits per heavy atom. The van der Waals surface area contributed by atoms with Gasteiger partial charge in [-0.2, -0.15) is 9.47 Å². The molecule has 0 atom stereocenters. The van der Waals surface area contributed by atoms with Crippen LogP contribution in [0.25, 0.3) is 22.4 Å². The van der Waals surface area contributed by atoms with Crippen LogP contribution in [0.5, 0.6) is 5.75 Å². The molecule has 0 amide bonds. The van der Waals surface area contributed by atoms with Gasteiger partial charge in [-0.3, -0.25) is 4.68 Å². The molecule has 23 heavy (non-hydrogen) atoms. The Balaban J connectivity index is 2.33. The predicted octanol–water partition coefficient (Wildman–Crippen LogP) is 3.34. The maximum atomic E-state index is 9.50. The lowest BCUT2D eigenvalue weighted by atomic mass is 9.98. The quantitative estimate of drug-likeness (QED) is 0.439. The molecule has 0 aliphatic heterocycles. The molecule has 118 valence electrons. The van der Waals surface area contributed by atoms with Crippen molar-refractivity contribution in [3.8, 4) is 28.1 Å². The Bertz CT molecular complexity index is 859. The van der Waals surface area contributed by atoms with E-state index in [4.69, 9.17) is 5.21 Å². The number of nitrogens with zero attached hydrogens (tertiary/aromatic N) is 4. The van der Waals surface area contributed by atoms with Crippen molar-refractivity contribution in [3.05, 3.63) is 40.5 Å². The van der Waals surface area contributed by atoms with E-state index in [-0.39, 0.29) is 5.75 Å². The van der Waals surface area contributed by atoms with Crippen LogP contribution in [0.15, 0.2) is 29.4 Å². The Morgan fingerprint density at radius 1 is 1.17 bits per heavy atom. The van der Waals surface area contributed by atoms with Crippen molar-refractivity contribution in [1.82, 2.24) is 14.2 Å². The van der Waals surface area contributed by atoms with Crippen molar-refractivity contribution < 1.29 is 10.3 Å². The third-order valence-electron chi connectivity index (χ3n) is 3.70. The molecular weight excluding hydrogens is 312 g/mol. The van der Waals surface area contributed by atoms with Gasteiger partial charge in [-0.25, -0.2) is 0 Å². The molecule has 0 aliphatic carbocycles. The van der Waals surface area contributed by atoms with Gasteiger partial charge >= 0.3 is 0 Å². The van der Waals surface area contributed by atoms with E-state index >= 15 is 0 Å². The van der Waals surface area contributed by atoms with Crippen LogP contribution >= 0.6 is 11.5 Å². The summed E-state index contributed by atoms with van der Waals surface area (Å²) in [5.74, 6) is 0.202. The standard InChI is InChI=1S/C16H16N4O2S/c1-9-14(10(2)23-19-9)15-13(8-17-22)20(3)18-16(15)11-4-6-12(21)7-5-11/h4-8,21-22H,1-3H3/b17-8-. The van der Waals surface area contributed by atoms with Gasteiger partial charge in [-0.05, 0) is 49.6 Å². The first-order valence-corrected chi connectivity index (χ1v) is 7.77. The van der Waals surface area contributed by atoms with Crippen LogP contribution in [0, 0.1) is 13.8 Å². The summed E-state index contributed by atoms with van der Waals surface area (Å²) in [5, 5.41) is 26.3. The highest BCUT2D eigenvalue weighted by atomic mass is 32.1. The van der Waals surface area contributed by atoms with E-state index in [1.54, 1.807) is 23.9 Å². The van der Waals surface area contributed by atoms with Crippen molar-refractivity contribution in [2.45, 2.75) is 13.8 Å². The molecule has 6 nitrogen and oxygen atoms in total. The number of aryl methyl sites for hydroxylation is 3. The summed E-state index contributed by atoms with van der Waals surface area (Å²) in [6.45, 7) is 3.96. The van der Waals surface area contributed by atoms with Crippen molar-refractivity contribution in [2.75, 3.05) is 0 Å². The minimum absolute atomic E-state index is 0.202. The van der Waals surface area contributed by atoms with E-state index in [1.165, 1.54) is 17.7 Å². The fourth-order valence-corrected chi connectivity index (χ4v) is 3.35. The van der Waals surface area contributed by atoms with Gasteiger partial charge in [0.15, 0.2) is 0 Å². The molecule has 2 N–H and O–H groups in total. The summed E-state index contributed by atoms with van der Waals surface area (Å²) >= 11 is 1.43. The van der Waals surface area contributed by atoms with E-state index in [2.05, 4.69) is 14.6 Å². The molecule has 1 aromatic carbocycles. The highest BCUT2D eigenvalue weighted by molar-refractivity contribution is 7.06. The second-order valence-corrected chi connectivity index (χ2v) is 6.20. The minimum Gasteiger partial charge on any atom is -0.508 e. The van der Waals surface area contributed by atoms with Crippen molar-refractivity contribution in [1.29, 1.82) is 0 Å². The maximum Gasteiger partial charge on any atom is 0.115 e. The molecule has 0 fully saturated rings. The van der Waals surface area contributed by atoms with Gasteiger partial charge in [0.05, 0.1) is 17.6 Å². The van der Waals surface area contributed by atoms with E-state index < -0.39 is 0 Å². The van der Waals surface area contributed by atoms with E-state index in [0.29, 0.717) is 5.69 Å². The van der Waals surface area contributed by atoms with Gasteiger partial charge in [0, 0.05) is 28.6 Å². The van der Waals surface area contributed by atoms with E-state index in [9.17, 15) is 5.11 Å². The number of hydrogen-bond acceptors (Lipinski definition) is 6. The van der Waals surface area contributed by atoms with Gasteiger partial charge in [0.2, 0.25) is 0 Å². The van der Waals surface area contributed by atoms with Gasteiger partial charge in [-0.1, -0.05) is 5.16 Å². The second-order valence-electron chi connectivity index (χ2n) is 5.22. The number of oxime groups is 1. The summed E-state index contributed by atoms with van der Waals surface area (Å²) in [5.41, 5.74) is 5.11. The number of aromatic nitrogens is 3. The topological polar surface area (TPSA) is 83.5 Å². The Labute approximate surface area is 137 Å². The molecule has 3 rings (SSSR count). The number of aromatic hydroxyl groups is 1. The molecule has 0 saturated carbocycles. The lowest BCUT2D eigenvalue weighted by Gasteiger charge is -2.05. The van der Waals surface area contributed by atoms with Crippen LogP contribution in [0.2, 0.25) is 0 Å². The average Bonchev–Trinajstić information content (AvgIpc) is 3.01. The Morgan fingerprint density at radius 3 is 2.43 bits per heavy atom. The lowest BCUT2D eigenvalue weighted by Crippen LogP contribution is -1.98. The molecule has 7 heteroatoms. The van der Waals surface area contributed by atoms with E-state index in [0.717, 1.165) is 33.0 Å². The second kappa shape index (κ2) is 5.85. The van der Waals surface area contributed by atoms with Crippen LogP contribution in [-0.4, -0.2) is 30.7 Å². The molecular formula is C16H16N4O2S. The zero-order chi connectivity index (χ0) is 16.6. The first-order chi connectivity index (χ1) is 11.0. The largest absolute Gasteiger partial charge is 0.508 e. The van der Waals surface area contributed by atoms with Crippen molar-refractivity contribution in [2.24, 2.45) is 12.2 Å². The Hall–Kier alpha value is -2.67. The fraction of sp³-hybridized carbons (Fsp3) is 0.188. The van der Waals surface area contributed by atoms with Gasteiger partial charge in [0.25, 0.3) is 0 Å². The highest BCUT2D eigenvalue weighted by Crippen LogP contribution is 2.38. The number of hydrogen-bond donors (Lipinski definition) is 2. The van der Waals surface area contributed by atoms with Gasteiger partial charge in [0.1, 0.15) is 11.4 Å². The summed E-state index contributed by atoms with van der Waals surface area (Å²) < 4.78 is 6.08. The normalized spacial score (nSPS) is 11.4. The first kappa shape index (κ1) is 15.2. The van der Waals surface area contributed by atoms with E-state index in [1.807, 2.05) is 26.0 Å². The monoisotopic (exact) mass is 328 g/mol.